The smallest absolute Gasteiger partial charge is 0.340 e. The minimum atomic E-state index is -0.338. The maximum atomic E-state index is 12.5. The van der Waals surface area contributed by atoms with Crippen molar-refractivity contribution >= 4 is 11.5 Å². The monoisotopic (exact) mass is 322 g/mol. The molecule has 24 heavy (non-hydrogen) atoms. The van der Waals surface area contributed by atoms with Crippen LogP contribution in [-0.4, -0.2) is 22.5 Å². The molecular weight excluding hydrogens is 300 g/mol. The maximum absolute atomic E-state index is 12.5. The van der Waals surface area contributed by atoms with E-state index in [1.54, 1.807) is 25.4 Å². The third-order valence-electron chi connectivity index (χ3n) is 3.68. The van der Waals surface area contributed by atoms with Gasteiger partial charge in [-0.1, -0.05) is 30.9 Å². The van der Waals surface area contributed by atoms with Crippen molar-refractivity contribution in [1.29, 1.82) is 0 Å². The van der Waals surface area contributed by atoms with E-state index in [2.05, 4.69) is 16.5 Å². The molecule has 0 spiro atoms. The van der Waals surface area contributed by atoms with Crippen molar-refractivity contribution < 1.29 is 9.53 Å². The van der Waals surface area contributed by atoms with Crippen LogP contribution in [0.15, 0.2) is 55.4 Å². The Hall–Kier alpha value is -2.88. The zero-order valence-electron chi connectivity index (χ0n) is 14.3. The highest BCUT2D eigenvalue weighted by atomic mass is 16.5. The lowest BCUT2D eigenvalue weighted by molar-refractivity contribution is 0.0525. The van der Waals surface area contributed by atoms with Crippen LogP contribution in [0.4, 0.5) is 0 Å². The number of nitrogens with zero attached hydrogens (tertiary/aromatic N) is 1. The molecule has 2 rings (SSSR count). The summed E-state index contributed by atoms with van der Waals surface area (Å²) in [6, 6.07) is 3.81. The van der Waals surface area contributed by atoms with Crippen molar-refractivity contribution in [2.24, 2.45) is 0 Å². The van der Waals surface area contributed by atoms with E-state index in [9.17, 15) is 4.79 Å². The number of hydrogen-bond acceptors (Lipinski definition) is 3. The molecule has 2 aromatic rings. The Kier molecular flexibility index (Phi) is 5.90. The van der Waals surface area contributed by atoms with Gasteiger partial charge < -0.3 is 9.72 Å². The lowest BCUT2D eigenvalue weighted by Crippen LogP contribution is -2.07. The highest BCUT2D eigenvalue weighted by Crippen LogP contribution is 2.32. The third kappa shape index (κ3) is 3.54. The van der Waals surface area contributed by atoms with Gasteiger partial charge in [0.25, 0.3) is 0 Å². The van der Waals surface area contributed by atoms with Crippen LogP contribution in [0.5, 0.6) is 0 Å². The van der Waals surface area contributed by atoms with Gasteiger partial charge in [0.1, 0.15) is 0 Å². The first kappa shape index (κ1) is 17.5. The van der Waals surface area contributed by atoms with E-state index in [0.717, 1.165) is 22.4 Å². The van der Waals surface area contributed by atoms with E-state index in [1.165, 1.54) is 0 Å². The lowest BCUT2D eigenvalue weighted by Gasteiger charge is -2.05. The van der Waals surface area contributed by atoms with Crippen molar-refractivity contribution in [3.8, 4) is 11.3 Å². The second-order valence-electron chi connectivity index (χ2n) is 5.18. The summed E-state index contributed by atoms with van der Waals surface area (Å²) in [6.45, 7) is 9.84. The van der Waals surface area contributed by atoms with E-state index in [4.69, 9.17) is 4.74 Å². The largest absolute Gasteiger partial charge is 0.462 e. The molecule has 0 aliphatic carbocycles. The number of pyridine rings is 1. The Morgan fingerprint density at radius 3 is 2.67 bits per heavy atom. The Morgan fingerprint density at radius 1 is 1.38 bits per heavy atom. The van der Waals surface area contributed by atoms with Crippen LogP contribution in [0.3, 0.4) is 0 Å². The van der Waals surface area contributed by atoms with Crippen LogP contribution in [-0.2, 0) is 4.74 Å². The number of carbonyl (C=O) groups is 1. The van der Waals surface area contributed by atoms with Crippen LogP contribution in [0.1, 0.15) is 35.5 Å². The van der Waals surface area contributed by atoms with Gasteiger partial charge in [0, 0.05) is 23.7 Å². The fraction of sp³-hybridized carbons (Fsp3) is 0.200. The molecule has 0 bridgehead atoms. The van der Waals surface area contributed by atoms with Gasteiger partial charge in [0.15, 0.2) is 0 Å². The van der Waals surface area contributed by atoms with Crippen molar-refractivity contribution in [2.45, 2.75) is 20.8 Å². The number of esters is 1. The van der Waals surface area contributed by atoms with Crippen molar-refractivity contribution in [2.75, 3.05) is 6.61 Å². The molecule has 0 saturated carbocycles. The predicted molar refractivity (Wildman–Crippen MR) is 97.7 cm³/mol. The first-order chi connectivity index (χ1) is 11.6. The molecule has 4 heteroatoms. The molecule has 2 aromatic heterocycles. The zero-order valence-corrected chi connectivity index (χ0v) is 14.3. The Morgan fingerprint density at radius 2 is 2.08 bits per heavy atom. The van der Waals surface area contributed by atoms with Gasteiger partial charge in [0.2, 0.25) is 0 Å². The third-order valence-corrected chi connectivity index (χ3v) is 3.68. The van der Waals surface area contributed by atoms with E-state index in [1.807, 2.05) is 44.2 Å². The lowest BCUT2D eigenvalue weighted by atomic mass is 10.0. The molecular formula is C20H22N2O2. The van der Waals surface area contributed by atoms with Crippen LogP contribution in [0, 0.1) is 6.92 Å². The summed E-state index contributed by atoms with van der Waals surface area (Å²) >= 11 is 0. The number of nitrogens with one attached hydrogen (secondary N) is 1. The van der Waals surface area contributed by atoms with Gasteiger partial charge in [-0.25, -0.2) is 4.79 Å². The molecule has 0 saturated heterocycles. The Labute approximate surface area is 142 Å². The van der Waals surface area contributed by atoms with Crippen LogP contribution in [0.2, 0.25) is 0 Å². The molecule has 0 atom stereocenters. The Bertz CT molecular complexity index is 783. The normalized spacial score (nSPS) is 11.7. The highest BCUT2D eigenvalue weighted by Gasteiger charge is 2.23. The van der Waals surface area contributed by atoms with E-state index in [-0.39, 0.29) is 5.97 Å². The van der Waals surface area contributed by atoms with Crippen LogP contribution < -0.4 is 0 Å². The Balaban J connectivity index is 2.68. The minimum Gasteiger partial charge on any atom is -0.462 e. The predicted octanol–water partition coefficient (Wildman–Crippen LogP) is 4.71. The number of aromatic nitrogens is 2. The summed E-state index contributed by atoms with van der Waals surface area (Å²) in [7, 11) is 0. The summed E-state index contributed by atoms with van der Waals surface area (Å²) in [4.78, 5) is 19.9. The van der Waals surface area contributed by atoms with Gasteiger partial charge in [-0.2, -0.15) is 0 Å². The van der Waals surface area contributed by atoms with Gasteiger partial charge in [-0.15, -0.1) is 0 Å². The summed E-state index contributed by atoms with van der Waals surface area (Å²) in [5.41, 5.74) is 4.78. The zero-order chi connectivity index (χ0) is 17.5. The number of allylic oxidation sites excluding steroid dienone is 5. The molecule has 0 fully saturated rings. The molecule has 1 N–H and O–H groups in total. The van der Waals surface area contributed by atoms with Gasteiger partial charge in [-0.05, 0) is 44.0 Å². The number of ether oxygens (including phenoxy) is 1. The summed E-state index contributed by atoms with van der Waals surface area (Å²) in [6.07, 6.45) is 10.9. The average Bonchev–Trinajstić information content (AvgIpc) is 2.94. The molecule has 0 unspecified atom stereocenters. The second kappa shape index (κ2) is 8.11. The average molecular weight is 322 g/mol. The van der Waals surface area contributed by atoms with E-state index in [0.29, 0.717) is 17.9 Å². The summed E-state index contributed by atoms with van der Waals surface area (Å²) in [5, 5.41) is 0. The van der Waals surface area contributed by atoms with Crippen LogP contribution >= 0.6 is 0 Å². The highest BCUT2D eigenvalue weighted by molar-refractivity contribution is 6.00. The molecule has 0 radical (unpaired) electrons. The molecule has 0 amide bonds. The molecule has 2 heterocycles. The number of H-pyrrole nitrogens is 1. The van der Waals surface area contributed by atoms with Crippen molar-refractivity contribution in [3.05, 3.63) is 72.2 Å². The maximum Gasteiger partial charge on any atom is 0.340 e. The quantitative estimate of drug-likeness (QED) is 0.619. The standard InChI is InChI=1S/C20H22N2O2/c1-5-8-9-15(6-2)19-17(20(23)24-7-3)14(4)18(22-19)16-10-12-21-13-11-16/h5-6,8-13,22H,2,7H2,1,3-4H3/b8-5-,15-9+. The number of rotatable bonds is 6. The first-order valence-corrected chi connectivity index (χ1v) is 7.89. The number of aromatic amines is 1. The molecule has 4 nitrogen and oxygen atoms in total. The fourth-order valence-corrected chi connectivity index (χ4v) is 2.53. The summed E-state index contributed by atoms with van der Waals surface area (Å²) in [5.74, 6) is -0.338. The SMILES string of the molecule is C=C/C(=C\C=C/C)c1[nH]c(-c2ccncc2)c(C)c1C(=O)OCC. The molecule has 124 valence electrons. The number of hydrogen-bond donors (Lipinski definition) is 1. The second-order valence-corrected chi connectivity index (χ2v) is 5.18. The van der Waals surface area contributed by atoms with E-state index < -0.39 is 0 Å². The van der Waals surface area contributed by atoms with Gasteiger partial charge >= 0.3 is 5.97 Å². The van der Waals surface area contributed by atoms with E-state index >= 15 is 0 Å². The topological polar surface area (TPSA) is 55.0 Å². The van der Waals surface area contributed by atoms with Gasteiger partial charge in [0.05, 0.1) is 17.9 Å². The van der Waals surface area contributed by atoms with Crippen molar-refractivity contribution in [1.82, 2.24) is 9.97 Å². The molecule has 0 aliphatic rings. The first-order valence-electron chi connectivity index (χ1n) is 7.89. The van der Waals surface area contributed by atoms with Crippen molar-refractivity contribution in [3.63, 3.8) is 0 Å². The molecule has 0 aromatic carbocycles. The number of carbonyl (C=O) groups excluding carboxylic acids is 1. The fourth-order valence-electron chi connectivity index (χ4n) is 2.53. The summed E-state index contributed by atoms with van der Waals surface area (Å²) < 4.78 is 5.25. The van der Waals surface area contributed by atoms with Crippen LogP contribution in [0.25, 0.3) is 16.8 Å². The van der Waals surface area contributed by atoms with Gasteiger partial charge in [-0.3, -0.25) is 4.98 Å². The minimum absolute atomic E-state index is 0.329. The molecule has 0 aliphatic heterocycles.